The van der Waals surface area contributed by atoms with Crippen molar-refractivity contribution in [2.45, 2.75) is 44.2 Å². The molecule has 1 aliphatic carbocycles. The van der Waals surface area contributed by atoms with E-state index in [1.807, 2.05) is 17.0 Å². The van der Waals surface area contributed by atoms with E-state index in [4.69, 9.17) is 5.73 Å². The van der Waals surface area contributed by atoms with Gasteiger partial charge < -0.3 is 16.0 Å². The molecule has 1 aromatic carbocycles. The second kappa shape index (κ2) is 5.21. The van der Waals surface area contributed by atoms with Crippen LogP contribution < -0.4 is 16.0 Å². The van der Waals surface area contributed by atoms with Crippen LogP contribution in [0.25, 0.3) is 0 Å². The number of nitrogens with zero attached hydrogens (tertiary/aromatic N) is 1. The van der Waals surface area contributed by atoms with Gasteiger partial charge in [0.05, 0.1) is 0 Å². The molecule has 0 aromatic heterocycles. The van der Waals surface area contributed by atoms with Crippen LogP contribution in [-0.4, -0.2) is 24.5 Å². The summed E-state index contributed by atoms with van der Waals surface area (Å²) in [6.45, 7) is 0.844. The summed E-state index contributed by atoms with van der Waals surface area (Å²) < 4.78 is 0. The Balaban J connectivity index is 1.71. The Morgan fingerprint density at radius 1 is 1.32 bits per heavy atom. The largest absolute Gasteiger partial charge is 0.382 e. The highest BCUT2D eigenvalue weighted by Gasteiger charge is 2.23. The predicted molar refractivity (Wildman–Crippen MR) is 77.3 cm³/mol. The SMILES string of the molecule is NC1CCC(Nc2cccc(N3CCCC3=O)c2)C1. The van der Waals surface area contributed by atoms with Crippen LogP contribution in [0.4, 0.5) is 11.4 Å². The second-order valence-corrected chi connectivity index (χ2v) is 5.61. The molecule has 3 rings (SSSR count). The van der Waals surface area contributed by atoms with Crippen LogP contribution in [0.3, 0.4) is 0 Å². The van der Waals surface area contributed by atoms with E-state index in [9.17, 15) is 4.79 Å². The first-order valence-corrected chi connectivity index (χ1v) is 7.15. The minimum atomic E-state index is 0.236. The Kier molecular flexibility index (Phi) is 3.42. The molecule has 1 saturated heterocycles. The van der Waals surface area contributed by atoms with Crippen LogP contribution in [-0.2, 0) is 4.79 Å². The van der Waals surface area contributed by atoms with Crippen LogP contribution >= 0.6 is 0 Å². The van der Waals surface area contributed by atoms with Gasteiger partial charge in [0.15, 0.2) is 0 Å². The van der Waals surface area contributed by atoms with Gasteiger partial charge >= 0.3 is 0 Å². The van der Waals surface area contributed by atoms with Crippen molar-refractivity contribution < 1.29 is 4.79 Å². The molecule has 1 heterocycles. The van der Waals surface area contributed by atoms with Gasteiger partial charge in [0.2, 0.25) is 5.91 Å². The average molecular weight is 259 g/mol. The summed E-state index contributed by atoms with van der Waals surface area (Å²) in [5.41, 5.74) is 8.04. The van der Waals surface area contributed by atoms with Crippen LogP contribution in [0, 0.1) is 0 Å². The molecule has 1 aromatic rings. The molecule has 4 heteroatoms. The van der Waals surface area contributed by atoms with Crippen molar-refractivity contribution in [2.24, 2.45) is 5.73 Å². The van der Waals surface area contributed by atoms with Crippen molar-refractivity contribution in [2.75, 3.05) is 16.8 Å². The van der Waals surface area contributed by atoms with E-state index in [1.54, 1.807) is 0 Å². The topological polar surface area (TPSA) is 58.4 Å². The fraction of sp³-hybridized carbons (Fsp3) is 0.533. The summed E-state index contributed by atoms with van der Waals surface area (Å²) >= 11 is 0. The fourth-order valence-corrected chi connectivity index (χ4v) is 3.07. The zero-order valence-electron chi connectivity index (χ0n) is 11.1. The number of benzene rings is 1. The van der Waals surface area contributed by atoms with Crippen molar-refractivity contribution in [1.82, 2.24) is 0 Å². The fourth-order valence-electron chi connectivity index (χ4n) is 3.07. The third kappa shape index (κ3) is 2.73. The van der Waals surface area contributed by atoms with Crippen LogP contribution in [0.2, 0.25) is 0 Å². The summed E-state index contributed by atoms with van der Waals surface area (Å²) in [6.07, 6.45) is 4.91. The number of hydrogen-bond donors (Lipinski definition) is 2. The molecular formula is C15H21N3O. The lowest BCUT2D eigenvalue weighted by Crippen LogP contribution is -2.24. The maximum atomic E-state index is 11.8. The van der Waals surface area contributed by atoms with E-state index in [1.165, 1.54) is 0 Å². The average Bonchev–Trinajstić information content (AvgIpc) is 2.99. The summed E-state index contributed by atoms with van der Waals surface area (Å²) in [5.74, 6) is 0.236. The number of nitrogens with one attached hydrogen (secondary N) is 1. The highest BCUT2D eigenvalue weighted by molar-refractivity contribution is 5.95. The monoisotopic (exact) mass is 259 g/mol. The zero-order chi connectivity index (χ0) is 13.2. The van der Waals surface area contributed by atoms with E-state index in [0.29, 0.717) is 18.5 Å². The van der Waals surface area contributed by atoms with Gasteiger partial charge in [-0.15, -0.1) is 0 Å². The number of carbonyl (C=O) groups is 1. The lowest BCUT2D eigenvalue weighted by atomic mass is 10.2. The van der Waals surface area contributed by atoms with Crippen molar-refractivity contribution in [3.8, 4) is 0 Å². The van der Waals surface area contributed by atoms with E-state index in [2.05, 4.69) is 17.4 Å². The maximum Gasteiger partial charge on any atom is 0.227 e. The van der Waals surface area contributed by atoms with Gasteiger partial charge in [0.25, 0.3) is 0 Å². The highest BCUT2D eigenvalue weighted by Crippen LogP contribution is 2.27. The Bertz CT molecular complexity index is 474. The molecule has 0 radical (unpaired) electrons. The molecule has 102 valence electrons. The van der Waals surface area contributed by atoms with Gasteiger partial charge in [-0.2, -0.15) is 0 Å². The van der Waals surface area contributed by atoms with Crippen LogP contribution in [0.5, 0.6) is 0 Å². The number of nitrogens with two attached hydrogens (primary N) is 1. The number of amides is 1. The minimum absolute atomic E-state index is 0.236. The summed E-state index contributed by atoms with van der Waals surface area (Å²) in [7, 11) is 0. The first kappa shape index (κ1) is 12.5. The molecule has 0 bridgehead atoms. The van der Waals surface area contributed by atoms with E-state index in [-0.39, 0.29) is 5.91 Å². The molecule has 2 atom stereocenters. The smallest absolute Gasteiger partial charge is 0.227 e. The molecule has 0 spiro atoms. The molecule has 19 heavy (non-hydrogen) atoms. The van der Waals surface area contributed by atoms with Gasteiger partial charge in [-0.1, -0.05) is 6.07 Å². The molecule has 3 N–H and O–H groups in total. The number of rotatable bonds is 3. The van der Waals surface area contributed by atoms with Gasteiger partial charge in [-0.05, 0) is 43.9 Å². The molecule has 4 nitrogen and oxygen atoms in total. The van der Waals surface area contributed by atoms with Crippen LogP contribution in [0.1, 0.15) is 32.1 Å². The number of carbonyl (C=O) groups excluding carboxylic acids is 1. The highest BCUT2D eigenvalue weighted by atomic mass is 16.2. The number of hydrogen-bond acceptors (Lipinski definition) is 3. The Morgan fingerprint density at radius 2 is 2.21 bits per heavy atom. The van der Waals surface area contributed by atoms with E-state index in [0.717, 1.165) is 43.6 Å². The molecule has 2 aliphatic rings. The van der Waals surface area contributed by atoms with Crippen molar-refractivity contribution in [1.29, 1.82) is 0 Å². The Labute approximate surface area is 114 Å². The normalized spacial score (nSPS) is 27.0. The lowest BCUT2D eigenvalue weighted by molar-refractivity contribution is -0.117. The minimum Gasteiger partial charge on any atom is -0.382 e. The summed E-state index contributed by atoms with van der Waals surface area (Å²) in [4.78, 5) is 13.6. The lowest BCUT2D eigenvalue weighted by Gasteiger charge is -2.19. The third-order valence-corrected chi connectivity index (χ3v) is 4.08. The van der Waals surface area contributed by atoms with Gasteiger partial charge in [0, 0.05) is 36.4 Å². The molecule has 1 saturated carbocycles. The molecular weight excluding hydrogens is 238 g/mol. The summed E-state index contributed by atoms with van der Waals surface area (Å²) in [6, 6.07) is 8.97. The molecule has 1 aliphatic heterocycles. The first-order valence-electron chi connectivity index (χ1n) is 7.15. The van der Waals surface area contributed by atoms with Crippen LogP contribution in [0.15, 0.2) is 24.3 Å². The quantitative estimate of drug-likeness (QED) is 0.874. The zero-order valence-corrected chi connectivity index (χ0v) is 11.1. The predicted octanol–water partition coefficient (Wildman–Crippen LogP) is 2.11. The maximum absolute atomic E-state index is 11.8. The van der Waals surface area contributed by atoms with Gasteiger partial charge in [-0.3, -0.25) is 4.79 Å². The van der Waals surface area contributed by atoms with E-state index < -0.39 is 0 Å². The first-order chi connectivity index (χ1) is 9.22. The third-order valence-electron chi connectivity index (χ3n) is 4.08. The van der Waals surface area contributed by atoms with Gasteiger partial charge in [-0.25, -0.2) is 0 Å². The van der Waals surface area contributed by atoms with Crippen molar-refractivity contribution >= 4 is 17.3 Å². The van der Waals surface area contributed by atoms with E-state index >= 15 is 0 Å². The van der Waals surface area contributed by atoms with Gasteiger partial charge in [0.1, 0.15) is 0 Å². The molecule has 2 fully saturated rings. The van der Waals surface area contributed by atoms with Crippen molar-refractivity contribution in [3.63, 3.8) is 0 Å². The number of anilines is 2. The second-order valence-electron chi connectivity index (χ2n) is 5.61. The Morgan fingerprint density at radius 3 is 2.89 bits per heavy atom. The Hall–Kier alpha value is -1.55. The standard InChI is InChI=1S/C15H21N3O/c16-11-6-7-13(9-11)17-12-3-1-4-14(10-12)18-8-2-5-15(18)19/h1,3-4,10-11,13,17H,2,5-9,16H2. The molecule has 2 unspecified atom stereocenters. The molecule has 1 amide bonds. The summed E-state index contributed by atoms with van der Waals surface area (Å²) in [5, 5.41) is 3.53. The van der Waals surface area contributed by atoms with Crippen molar-refractivity contribution in [3.05, 3.63) is 24.3 Å².